The Labute approximate surface area is 141 Å². The van der Waals surface area contributed by atoms with E-state index in [1.807, 2.05) is 48.2 Å². The lowest BCUT2D eigenvalue weighted by molar-refractivity contribution is 0.0618. The average Bonchev–Trinajstić information content (AvgIpc) is 3.00. The van der Waals surface area contributed by atoms with Crippen molar-refractivity contribution in [2.45, 2.75) is 13.5 Å². The standard InChI is InChI=1S/C17H23N5O2/c1-13-18-19-16(24-13)12-21-7-9-22(10-8-21)17(23)14-5-4-6-15(11-14)20(2)3/h4-6,11H,7-10,12H2,1-3H3. The van der Waals surface area contributed by atoms with Gasteiger partial charge in [0.25, 0.3) is 5.91 Å². The van der Waals surface area contributed by atoms with Crippen molar-refractivity contribution in [1.82, 2.24) is 20.0 Å². The fourth-order valence-electron chi connectivity index (χ4n) is 2.80. The number of amides is 1. The first-order valence-corrected chi connectivity index (χ1v) is 8.11. The molecule has 1 aliphatic rings. The second-order valence-corrected chi connectivity index (χ2v) is 6.23. The van der Waals surface area contributed by atoms with E-state index in [4.69, 9.17) is 4.42 Å². The van der Waals surface area contributed by atoms with Gasteiger partial charge in [0.2, 0.25) is 11.8 Å². The minimum Gasteiger partial charge on any atom is -0.424 e. The lowest BCUT2D eigenvalue weighted by Gasteiger charge is -2.34. The Kier molecular flexibility index (Phi) is 4.80. The molecule has 0 bridgehead atoms. The molecule has 1 aromatic heterocycles. The molecule has 3 rings (SSSR count). The van der Waals surface area contributed by atoms with Crippen molar-refractivity contribution in [3.8, 4) is 0 Å². The predicted octanol–water partition coefficient (Wildman–Crippen LogP) is 1.40. The third-order valence-corrected chi connectivity index (χ3v) is 4.20. The van der Waals surface area contributed by atoms with E-state index in [1.165, 1.54) is 0 Å². The minimum absolute atomic E-state index is 0.0898. The third kappa shape index (κ3) is 3.73. The predicted molar refractivity (Wildman–Crippen MR) is 91.0 cm³/mol. The molecule has 1 saturated heterocycles. The number of aromatic nitrogens is 2. The van der Waals surface area contributed by atoms with Gasteiger partial charge in [-0.2, -0.15) is 0 Å². The van der Waals surface area contributed by atoms with Crippen LogP contribution in [0.25, 0.3) is 0 Å². The Balaban J connectivity index is 1.58. The lowest BCUT2D eigenvalue weighted by Crippen LogP contribution is -2.48. The van der Waals surface area contributed by atoms with Crippen LogP contribution in [0.4, 0.5) is 5.69 Å². The number of hydrogen-bond donors (Lipinski definition) is 0. The number of benzene rings is 1. The van der Waals surface area contributed by atoms with Crippen molar-refractivity contribution in [1.29, 1.82) is 0 Å². The number of piperazine rings is 1. The fraction of sp³-hybridized carbons (Fsp3) is 0.471. The molecule has 0 spiro atoms. The Morgan fingerprint density at radius 3 is 2.58 bits per heavy atom. The van der Waals surface area contributed by atoms with E-state index in [0.717, 1.165) is 24.3 Å². The topological polar surface area (TPSA) is 65.7 Å². The Morgan fingerprint density at radius 2 is 1.96 bits per heavy atom. The van der Waals surface area contributed by atoms with E-state index >= 15 is 0 Å². The maximum Gasteiger partial charge on any atom is 0.254 e. The number of carbonyl (C=O) groups is 1. The molecule has 7 nitrogen and oxygen atoms in total. The number of carbonyl (C=O) groups excluding carboxylic acids is 1. The highest BCUT2D eigenvalue weighted by atomic mass is 16.4. The van der Waals surface area contributed by atoms with Gasteiger partial charge in [-0.15, -0.1) is 10.2 Å². The summed E-state index contributed by atoms with van der Waals surface area (Å²) in [6, 6.07) is 7.75. The molecule has 1 aliphatic heterocycles. The van der Waals surface area contributed by atoms with Crippen LogP contribution >= 0.6 is 0 Å². The quantitative estimate of drug-likeness (QED) is 0.845. The van der Waals surface area contributed by atoms with Gasteiger partial charge in [-0.05, 0) is 18.2 Å². The van der Waals surface area contributed by atoms with Gasteiger partial charge in [-0.1, -0.05) is 6.07 Å². The summed E-state index contributed by atoms with van der Waals surface area (Å²) in [6.07, 6.45) is 0. The van der Waals surface area contributed by atoms with Crippen molar-refractivity contribution in [3.05, 3.63) is 41.6 Å². The normalized spacial score (nSPS) is 15.5. The summed E-state index contributed by atoms with van der Waals surface area (Å²) in [5.74, 6) is 1.30. The first kappa shape index (κ1) is 16.4. The fourth-order valence-corrected chi connectivity index (χ4v) is 2.80. The zero-order chi connectivity index (χ0) is 17.1. The van der Waals surface area contributed by atoms with E-state index < -0.39 is 0 Å². The van der Waals surface area contributed by atoms with Gasteiger partial charge < -0.3 is 14.2 Å². The van der Waals surface area contributed by atoms with Crippen LogP contribution in [0.2, 0.25) is 0 Å². The van der Waals surface area contributed by atoms with Crippen molar-refractivity contribution in [3.63, 3.8) is 0 Å². The molecule has 7 heteroatoms. The Hall–Kier alpha value is -2.41. The highest BCUT2D eigenvalue weighted by Gasteiger charge is 2.23. The molecule has 1 aromatic carbocycles. The van der Waals surface area contributed by atoms with E-state index in [-0.39, 0.29) is 5.91 Å². The Bertz CT molecular complexity index is 705. The van der Waals surface area contributed by atoms with Gasteiger partial charge in [-0.25, -0.2) is 0 Å². The molecule has 1 fully saturated rings. The van der Waals surface area contributed by atoms with Crippen molar-refractivity contribution >= 4 is 11.6 Å². The molecule has 2 heterocycles. The number of aryl methyl sites for hydroxylation is 1. The van der Waals surface area contributed by atoms with Crippen LogP contribution in [0.5, 0.6) is 0 Å². The molecule has 0 atom stereocenters. The molecule has 0 N–H and O–H groups in total. The zero-order valence-corrected chi connectivity index (χ0v) is 14.4. The number of anilines is 1. The lowest BCUT2D eigenvalue weighted by atomic mass is 10.1. The molecular formula is C17H23N5O2. The first-order valence-electron chi connectivity index (χ1n) is 8.11. The third-order valence-electron chi connectivity index (χ3n) is 4.20. The molecule has 0 aliphatic carbocycles. The van der Waals surface area contributed by atoms with Crippen LogP contribution in [-0.2, 0) is 6.54 Å². The minimum atomic E-state index is 0.0898. The maximum absolute atomic E-state index is 12.7. The van der Waals surface area contributed by atoms with Crippen LogP contribution in [0.3, 0.4) is 0 Å². The second kappa shape index (κ2) is 7.00. The molecule has 0 saturated carbocycles. The summed E-state index contributed by atoms with van der Waals surface area (Å²) >= 11 is 0. The maximum atomic E-state index is 12.7. The number of nitrogens with zero attached hydrogens (tertiary/aromatic N) is 5. The zero-order valence-electron chi connectivity index (χ0n) is 14.4. The van der Waals surface area contributed by atoms with Gasteiger partial charge in [-0.3, -0.25) is 9.69 Å². The van der Waals surface area contributed by atoms with Gasteiger partial charge in [0.05, 0.1) is 6.54 Å². The van der Waals surface area contributed by atoms with Crippen molar-refractivity contribution in [2.75, 3.05) is 45.2 Å². The number of rotatable bonds is 4. The van der Waals surface area contributed by atoms with E-state index in [0.29, 0.717) is 31.4 Å². The van der Waals surface area contributed by atoms with Crippen LogP contribution in [0, 0.1) is 6.92 Å². The molecule has 0 unspecified atom stereocenters. The summed E-state index contributed by atoms with van der Waals surface area (Å²) in [7, 11) is 3.95. The molecular weight excluding hydrogens is 306 g/mol. The molecule has 0 radical (unpaired) electrons. The van der Waals surface area contributed by atoms with Crippen LogP contribution in [-0.4, -0.2) is 66.2 Å². The average molecular weight is 329 g/mol. The highest BCUT2D eigenvalue weighted by Crippen LogP contribution is 2.16. The smallest absolute Gasteiger partial charge is 0.254 e. The summed E-state index contributed by atoms with van der Waals surface area (Å²) in [6.45, 7) is 5.45. The van der Waals surface area contributed by atoms with Gasteiger partial charge in [0.15, 0.2) is 0 Å². The SMILES string of the molecule is Cc1nnc(CN2CCN(C(=O)c3cccc(N(C)C)c3)CC2)o1. The van der Waals surface area contributed by atoms with Crippen LogP contribution < -0.4 is 4.90 Å². The summed E-state index contributed by atoms with van der Waals surface area (Å²) in [4.78, 5) is 18.8. The number of hydrogen-bond acceptors (Lipinski definition) is 6. The van der Waals surface area contributed by atoms with Crippen molar-refractivity contribution < 1.29 is 9.21 Å². The second-order valence-electron chi connectivity index (χ2n) is 6.23. The molecule has 1 amide bonds. The van der Waals surface area contributed by atoms with Gasteiger partial charge >= 0.3 is 0 Å². The van der Waals surface area contributed by atoms with Gasteiger partial charge in [0, 0.05) is 58.4 Å². The Morgan fingerprint density at radius 1 is 1.21 bits per heavy atom. The molecule has 2 aromatic rings. The molecule has 128 valence electrons. The van der Waals surface area contributed by atoms with E-state index in [9.17, 15) is 4.79 Å². The summed E-state index contributed by atoms with van der Waals surface area (Å²) < 4.78 is 5.42. The first-order chi connectivity index (χ1) is 11.5. The summed E-state index contributed by atoms with van der Waals surface area (Å²) in [5, 5.41) is 7.87. The summed E-state index contributed by atoms with van der Waals surface area (Å²) in [5.41, 5.74) is 1.77. The van der Waals surface area contributed by atoms with E-state index in [1.54, 1.807) is 6.92 Å². The van der Waals surface area contributed by atoms with Crippen molar-refractivity contribution in [2.24, 2.45) is 0 Å². The highest BCUT2D eigenvalue weighted by molar-refractivity contribution is 5.95. The van der Waals surface area contributed by atoms with Crippen LogP contribution in [0.1, 0.15) is 22.1 Å². The van der Waals surface area contributed by atoms with Gasteiger partial charge in [0.1, 0.15) is 0 Å². The monoisotopic (exact) mass is 329 g/mol. The van der Waals surface area contributed by atoms with E-state index in [2.05, 4.69) is 15.1 Å². The largest absolute Gasteiger partial charge is 0.424 e. The van der Waals surface area contributed by atoms with Crippen LogP contribution in [0.15, 0.2) is 28.7 Å². The molecule has 24 heavy (non-hydrogen) atoms.